The molecule has 2 aromatic carbocycles. The van der Waals surface area contributed by atoms with Crippen LogP contribution in [0.15, 0.2) is 45.8 Å². The monoisotopic (exact) mass is 439 g/mol. The number of hydrogen-bond acceptors (Lipinski definition) is 5. The maximum atomic E-state index is 13.1. The third-order valence-corrected chi connectivity index (χ3v) is 5.35. The van der Waals surface area contributed by atoms with Gasteiger partial charge in [0.25, 0.3) is 5.91 Å². The van der Waals surface area contributed by atoms with E-state index >= 15 is 0 Å². The molecule has 1 fully saturated rings. The number of carbonyl (C=O) groups is 1. The van der Waals surface area contributed by atoms with Gasteiger partial charge in [-0.3, -0.25) is 9.69 Å². The van der Waals surface area contributed by atoms with E-state index < -0.39 is 0 Å². The number of aromatic hydroxyl groups is 1. The molecule has 1 aliphatic rings. The van der Waals surface area contributed by atoms with Gasteiger partial charge < -0.3 is 9.84 Å². The fraction of sp³-hybridized carbons (Fsp3) is 0.0588. The van der Waals surface area contributed by atoms with E-state index in [-0.39, 0.29) is 23.2 Å². The highest BCUT2D eigenvalue weighted by Crippen LogP contribution is 2.39. The average Bonchev–Trinajstić information content (AvgIpc) is 2.85. The first-order valence-corrected chi connectivity index (χ1v) is 9.02. The second-order valence-electron chi connectivity index (χ2n) is 5.05. The molecule has 0 bridgehead atoms. The van der Waals surface area contributed by atoms with Crippen LogP contribution < -0.4 is 9.64 Å². The summed E-state index contributed by atoms with van der Waals surface area (Å²) in [6, 6.07) is 8.85. The zero-order valence-corrected chi connectivity index (χ0v) is 16.0. The van der Waals surface area contributed by atoms with Gasteiger partial charge in [0.05, 0.1) is 22.2 Å². The summed E-state index contributed by atoms with van der Waals surface area (Å²) in [5.74, 6) is -0.399. The Kier molecular flexibility index (Phi) is 5.12. The first-order chi connectivity index (χ1) is 11.9. The summed E-state index contributed by atoms with van der Waals surface area (Å²) in [5.41, 5.74) is 1.18. The van der Waals surface area contributed by atoms with Crippen molar-refractivity contribution >= 4 is 61.9 Å². The Morgan fingerprint density at radius 3 is 2.64 bits per heavy atom. The fourth-order valence-corrected chi connectivity index (χ4v) is 4.02. The van der Waals surface area contributed by atoms with E-state index in [1.807, 2.05) is 0 Å². The SMILES string of the molecule is COc1cc(/C=C2\SC(=S)N(c3ccc(F)cc3)C2=O)cc(Br)c1O. The molecule has 0 aliphatic carbocycles. The van der Waals surface area contributed by atoms with Crippen molar-refractivity contribution in [2.45, 2.75) is 0 Å². The molecule has 1 amide bonds. The van der Waals surface area contributed by atoms with Gasteiger partial charge in [-0.05, 0) is 64.0 Å². The second kappa shape index (κ2) is 7.15. The molecule has 0 radical (unpaired) electrons. The number of benzene rings is 2. The lowest BCUT2D eigenvalue weighted by Crippen LogP contribution is -2.27. The van der Waals surface area contributed by atoms with Gasteiger partial charge in [-0.1, -0.05) is 24.0 Å². The smallest absolute Gasteiger partial charge is 0.270 e. The lowest BCUT2D eigenvalue weighted by Gasteiger charge is -2.14. The van der Waals surface area contributed by atoms with Gasteiger partial charge in [0.1, 0.15) is 5.82 Å². The highest BCUT2D eigenvalue weighted by atomic mass is 79.9. The Labute approximate surface area is 161 Å². The van der Waals surface area contributed by atoms with Gasteiger partial charge >= 0.3 is 0 Å². The molecule has 0 unspecified atom stereocenters. The number of carbonyl (C=O) groups excluding carboxylic acids is 1. The number of thiocarbonyl (C=S) groups is 1. The number of phenols is 1. The number of thioether (sulfide) groups is 1. The third-order valence-electron chi connectivity index (χ3n) is 3.45. The van der Waals surface area contributed by atoms with Crippen molar-refractivity contribution in [1.29, 1.82) is 0 Å². The van der Waals surface area contributed by atoms with E-state index in [1.54, 1.807) is 18.2 Å². The average molecular weight is 440 g/mol. The van der Waals surface area contributed by atoms with Crippen molar-refractivity contribution in [2.75, 3.05) is 12.0 Å². The van der Waals surface area contributed by atoms with E-state index in [0.717, 1.165) is 11.8 Å². The first kappa shape index (κ1) is 17.9. The maximum absolute atomic E-state index is 13.1. The van der Waals surface area contributed by atoms with Crippen LogP contribution in [0.2, 0.25) is 0 Å². The number of halogens is 2. The Hall–Kier alpha value is -1.90. The minimum atomic E-state index is -0.384. The summed E-state index contributed by atoms with van der Waals surface area (Å²) >= 11 is 9.68. The number of methoxy groups -OCH3 is 1. The molecule has 1 N–H and O–H groups in total. The zero-order valence-electron chi connectivity index (χ0n) is 12.8. The van der Waals surface area contributed by atoms with Crippen molar-refractivity contribution in [1.82, 2.24) is 0 Å². The lowest BCUT2D eigenvalue weighted by molar-refractivity contribution is -0.113. The number of phenolic OH excluding ortho intramolecular Hbond substituents is 1. The van der Waals surface area contributed by atoms with Crippen molar-refractivity contribution in [3.63, 3.8) is 0 Å². The Balaban J connectivity index is 1.95. The van der Waals surface area contributed by atoms with E-state index in [9.17, 15) is 14.3 Å². The van der Waals surface area contributed by atoms with Gasteiger partial charge in [-0.2, -0.15) is 0 Å². The lowest BCUT2D eigenvalue weighted by atomic mass is 10.2. The summed E-state index contributed by atoms with van der Waals surface area (Å²) in [6.07, 6.45) is 1.66. The molecule has 1 heterocycles. The summed E-state index contributed by atoms with van der Waals surface area (Å²) in [4.78, 5) is 14.5. The van der Waals surface area contributed by atoms with Gasteiger partial charge in [-0.15, -0.1) is 0 Å². The van der Waals surface area contributed by atoms with Crippen LogP contribution in [0, 0.1) is 5.82 Å². The van der Waals surface area contributed by atoms with Crippen molar-refractivity contribution < 1.29 is 19.0 Å². The van der Waals surface area contributed by atoms with Crippen LogP contribution in [0.5, 0.6) is 11.5 Å². The molecule has 2 aromatic rings. The molecule has 25 heavy (non-hydrogen) atoms. The minimum Gasteiger partial charge on any atom is -0.503 e. The second-order valence-corrected chi connectivity index (χ2v) is 7.58. The quantitative estimate of drug-likeness (QED) is 0.554. The van der Waals surface area contributed by atoms with Gasteiger partial charge in [-0.25, -0.2) is 4.39 Å². The molecular formula is C17H11BrFNO3S2. The van der Waals surface area contributed by atoms with Gasteiger partial charge in [0.15, 0.2) is 15.8 Å². The molecule has 4 nitrogen and oxygen atoms in total. The topological polar surface area (TPSA) is 49.8 Å². The van der Waals surface area contributed by atoms with Crippen LogP contribution >= 0.6 is 39.9 Å². The van der Waals surface area contributed by atoms with Crippen molar-refractivity contribution in [3.8, 4) is 11.5 Å². The predicted octanol–water partition coefficient (Wildman–Crippen LogP) is 4.71. The number of anilines is 1. The highest BCUT2D eigenvalue weighted by Gasteiger charge is 2.33. The number of rotatable bonds is 3. The summed E-state index contributed by atoms with van der Waals surface area (Å²) in [7, 11) is 1.44. The summed E-state index contributed by atoms with van der Waals surface area (Å²) in [6.45, 7) is 0. The number of ether oxygens (including phenoxy) is 1. The van der Waals surface area contributed by atoms with Crippen molar-refractivity contribution in [2.24, 2.45) is 0 Å². The number of hydrogen-bond donors (Lipinski definition) is 1. The fourth-order valence-electron chi connectivity index (χ4n) is 2.26. The van der Waals surface area contributed by atoms with E-state index in [4.69, 9.17) is 17.0 Å². The predicted molar refractivity (Wildman–Crippen MR) is 104 cm³/mol. The molecule has 8 heteroatoms. The highest BCUT2D eigenvalue weighted by molar-refractivity contribution is 9.10. The van der Waals surface area contributed by atoms with Crippen LogP contribution in [0.25, 0.3) is 6.08 Å². The minimum absolute atomic E-state index is 0.0153. The third kappa shape index (κ3) is 3.56. The van der Waals surface area contributed by atoms with Crippen molar-refractivity contribution in [3.05, 3.63) is 57.2 Å². The van der Waals surface area contributed by atoms with Crippen LogP contribution in [-0.4, -0.2) is 22.4 Å². The maximum Gasteiger partial charge on any atom is 0.270 e. The Morgan fingerprint density at radius 1 is 1.32 bits per heavy atom. The van der Waals surface area contributed by atoms with Gasteiger partial charge in [0.2, 0.25) is 0 Å². The summed E-state index contributed by atoms with van der Waals surface area (Å²) < 4.78 is 19.0. The molecule has 1 saturated heterocycles. The normalized spacial score (nSPS) is 16.0. The Morgan fingerprint density at radius 2 is 2.00 bits per heavy atom. The first-order valence-electron chi connectivity index (χ1n) is 7.00. The van der Waals surface area contributed by atoms with E-state index in [1.165, 1.54) is 36.3 Å². The van der Waals surface area contributed by atoms with Crippen LogP contribution in [0.1, 0.15) is 5.56 Å². The molecule has 1 aliphatic heterocycles. The molecule has 3 rings (SSSR count). The molecule has 0 spiro atoms. The number of amides is 1. The van der Waals surface area contributed by atoms with Crippen LogP contribution in [0.3, 0.4) is 0 Å². The summed E-state index contributed by atoms with van der Waals surface area (Å²) in [5, 5.41) is 9.87. The molecule has 128 valence electrons. The largest absolute Gasteiger partial charge is 0.503 e. The van der Waals surface area contributed by atoms with E-state index in [2.05, 4.69) is 15.9 Å². The standard InChI is InChI=1S/C17H11BrFNO3S2/c1-23-13-7-9(6-12(18)15(13)21)8-14-16(22)20(17(24)25-14)11-4-2-10(19)3-5-11/h2-8,21H,1H3/b14-8-. The number of nitrogens with zero attached hydrogens (tertiary/aromatic N) is 1. The van der Waals surface area contributed by atoms with Crippen LogP contribution in [0.4, 0.5) is 10.1 Å². The van der Waals surface area contributed by atoms with E-state index in [0.29, 0.717) is 24.9 Å². The van der Waals surface area contributed by atoms with Crippen LogP contribution in [-0.2, 0) is 4.79 Å². The molecular weight excluding hydrogens is 429 g/mol. The van der Waals surface area contributed by atoms with Gasteiger partial charge in [0, 0.05) is 0 Å². The zero-order chi connectivity index (χ0) is 18.1. The molecule has 0 aromatic heterocycles. The molecule has 0 saturated carbocycles. The molecule has 0 atom stereocenters. The Bertz CT molecular complexity index is 900.